The third kappa shape index (κ3) is 4.06. The zero-order chi connectivity index (χ0) is 15.6. The molecule has 9 heteroatoms. The van der Waals surface area contributed by atoms with E-state index >= 15 is 0 Å². The second-order valence-corrected chi connectivity index (χ2v) is 4.12. The minimum Gasteiger partial charge on any atom is -0.477 e. The SMILES string of the molecule is O=C(O)c1cc(-c2ccc(OC(F)(F)F)cc2)nc(Cl)n1. The second-order valence-electron chi connectivity index (χ2n) is 3.78. The first-order chi connectivity index (χ1) is 9.74. The molecule has 0 atom stereocenters. The number of aromatic nitrogens is 2. The minimum absolute atomic E-state index is 0.172. The van der Waals surface area contributed by atoms with E-state index in [1.165, 1.54) is 12.1 Å². The number of ether oxygens (including phenoxy) is 1. The number of nitrogens with zero attached hydrogens (tertiary/aromatic N) is 2. The first-order valence-corrected chi connectivity index (χ1v) is 5.76. The first kappa shape index (κ1) is 15.0. The summed E-state index contributed by atoms with van der Waals surface area (Å²) >= 11 is 5.60. The van der Waals surface area contributed by atoms with Crippen LogP contribution in [0.3, 0.4) is 0 Å². The van der Waals surface area contributed by atoms with Crippen molar-refractivity contribution in [2.45, 2.75) is 6.36 Å². The Bertz CT molecular complexity index is 674. The fourth-order valence-electron chi connectivity index (χ4n) is 1.50. The standard InChI is InChI=1S/C12H6ClF3N2O3/c13-11-17-8(5-9(18-11)10(19)20)6-1-3-7(4-2-6)21-12(14,15)16/h1-5H,(H,19,20). The molecule has 0 saturated carbocycles. The number of aromatic carboxylic acids is 1. The van der Waals surface area contributed by atoms with E-state index in [0.717, 1.165) is 18.2 Å². The largest absolute Gasteiger partial charge is 0.573 e. The van der Waals surface area contributed by atoms with Gasteiger partial charge in [-0.25, -0.2) is 14.8 Å². The average Bonchev–Trinajstić information content (AvgIpc) is 2.37. The summed E-state index contributed by atoms with van der Waals surface area (Å²) in [4.78, 5) is 18.2. The lowest BCUT2D eigenvalue weighted by Crippen LogP contribution is -2.16. The first-order valence-electron chi connectivity index (χ1n) is 5.39. The van der Waals surface area contributed by atoms with E-state index in [2.05, 4.69) is 14.7 Å². The number of benzene rings is 1. The smallest absolute Gasteiger partial charge is 0.477 e. The van der Waals surface area contributed by atoms with Gasteiger partial charge in [0.2, 0.25) is 5.28 Å². The van der Waals surface area contributed by atoms with Gasteiger partial charge in [-0.3, -0.25) is 0 Å². The van der Waals surface area contributed by atoms with Gasteiger partial charge in [-0.15, -0.1) is 13.2 Å². The lowest BCUT2D eigenvalue weighted by atomic mass is 10.1. The highest BCUT2D eigenvalue weighted by Crippen LogP contribution is 2.26. The minimum atomic E-state index is -4.78. The number of carbonyl (C=O) groups is 1. The Balaban J connectivity index is 2.32. The van der Waals surface area contributed by atoms with E-state index in [1.807, 2.05) is 0 Å². The molecule has 0 spiro atoms. The van der Waals surface area contributed by atoms with E-state index in [-0.39, 0.29) is 16.7 Å². The fraction of sp³-hybridized carbons (Fsp3) is 0.0833. The monoisotopic (exact) mass is 318 g/mol. The second kappa shape index (κ2) is 5.57. The molecule has 0 saturated heterocycles. The highest BCUT2D eigenvalue weighted by atomic mass is 35.5. The maximum atomic E-state index is 12.0. The molecule has 2 rings (SSSR count). The molecule has 0 bridgehead atoms. The normalized spacial score (nSPS) is 11.2. The summed E-state index contributed by atoms with van der Waals surface area (Å²) < 4.78 is 39.8. The summed E-state index contributed by atoms with van der Waals surface area (Å²) in [6, 6.07) is 5.92. The molecule has 0 radical (unpaired) electrons. The summed E-state index contributed by atoms with van der Waals surface area (Å²) in [5, 5.41) is 8.58. The van der Waals surface area contributed by atoms with Crippen molar-refractivity contribution in [1.29, 1.82) is 0 Å². The molecule has 1 N–H and O–H groups in total. The van der Waals surface area contributed by atoms with Crippen molar-refractivity contribution in [2.75, 3.05) is 0 Å². The average molecular weight is 319 g/mol. The number of alkyl halides is 3. The van der Waals surface area contributed by atoms with Crippen LogP contribution in [0, 0.1) is 0 Å². The van der Waals surface area contributed by atoms with E-state index < -0.39 is 18.1 Å². The van der Waals surface area contributed by atoms with Crippen LogP contribution in [0.25, 0.3) is 11.3 Å². The van der Waals surface area contributed by atoms with Crippen molar-refractivity contribution >= 4 is 17.6 Å². The molecule has 0 unspecified atom stereocenters. The van der Waals surface area contributed by atoms with Crippen LogP contribution in [0.1, 0.15) is 10.5 Å². The Morgan fingerprint density at radius 1 is 1.19 bits per heavy atom. The van der Waals surface area contributed by atoms with Crippen molar-refractivity contribution in [2.24, 2.45) is 0 Å². The van der Waals surface area contributed by atoms with Crippen molar-refractivity contribution in [3.8, 4) is 17.0 Å². The van der Waals surface area contributed by atoms with Crippen molar-refractivity contribution in [1.82, 2.24) is 9.97 Å². The van der Waals surface area contributed by atoms with Crippen LogP contribution >= 0.6 is 11.6 Å². The van der Waals surface area contributed by atoms with Gasteiger partial charge in [-0.2, -0.15) is 0 Å². The van der Waals surface area contributed by atoms with Gasteiger partial charge in [0, 0.05) is 5.56 Å². The third-order valence-corrected chi connectivity index (χ3v) is 2.47. The summed E-state index contributed by atoms with van der Waals surface area (Å²) in [5.74, 6) is -1.69. The highest BCUT2D eigenvalue weighted by molar-refractivity contribution is 6.28. The predicted octanol–water partition coefficient (Wildman–Crippen LogP) is 3.39. The predicted molar refractivity (Wildman–Crippen MR) is 66.1 cm³/mol. The van der Waals surface area contributed by atoms with Crippen LogP contribution in [0.4, 0.5) is 13.2 Å². The van der Waals surface area contributed by atoms with Crippen LogP contribution < -0.4 is 4.74 Å². The van der Waals surface area contributed by atoms with Crippen molar-refractivity contribution in [3.05, 3.63) is 41.3 Å². The number of carboxylic acids is 1. The molecule has 2 aromatic rings. The van der Waals surface area contributed by atoms with Crippen LogP contribution in [0.2, 0.25) is 5.28 Å². The van der Waals surface area contributed by atoms with E-state index in [9.17, 15) is 18.0 Å². The third-order valence-electron chi connectivity index (χ3n) is 2.30. The van der Waals surface area contributed by atoms with Gasteiger partial charge in [-0.1, -0.05) is 0 Å². The lowest BCUT2D eigenvalue weighted by molar-refractivity contribution is -0.274. The number of hydrogen-bond donors (Lipinski definition) is 1. The number of carboxylic acid groups (broad SMARTS) is 1. The topological polar surface area (TPSA) is 72.3 Å². The van der Waals surface area contributed by atoms with Gasteiger partial charge in [-0.05, 0) is 41.9 Å². The molecule has 1 aromatic heterocycles. The summed E-state index contributed by atoms with van der Waals surface area (Å²) in [6.07, 6.45) is -4.78. The maximum absolute atomic E-state index is 12.0. The van der Waals surface area contributed by atoms with Gasteiger partial charge in [0.25, 0.3) is 0 Å². The molecule has 5 nitrogen and oxygen atoms in total. The Hall–Kier alpha value is -2.35. The van der Waals surface area contributed by atoms with Gasteiger partial charge in [0.15, 0.2) is 5.69 Å². The quantitative estimate of drug-likeness (QED) is 0.878. The highest BCUT2D eigenvalue weighted by Gasteiger charge is 2.31. The molecular formula is C12H6ClF3N2O3. The molecule has 110 valence electrons. The summed E-state index contributed by atoms with van der Waals surface area (Å²) in [6.45, 7) is 0. The Kier molecular flexibility index (Phi) is 3.99. The molecule has 0 aliphatic carbocycles. The number of halogens is 4. The van der Waals surface area contributed by atoms with Gasteiger partial charge in [0.05, 0.1) is 5.69 Å². The van der Waals surface area contributed by atoms with Gasteiger partial charge >= 0.3 is 12.3 Å². The Morgan fingerprint density at radius 2 is 1.81 bits per heavy atom. The molecule has 1 heterocycles. The van der Waals surface area contributed by atoms with Crippen LogP contribution in [0.5, 0.6) is 5.75 Å². The van der Waals surface area contributed by atoms with Crippen LogP contribution in [-0.2, 0) is 0 Å². The Labute approximate surface area is 121 Å². The van der Waals surface area contributed by atoms with Gasteiger partial charge < -0.3 is 9.84 Å². The zero-order valence-corrected chi connectivity index (χ0v) is 10.8. The molecule has 0 aliphatic heterocycles. The molecule has 0 fully saturated rings. The fourth-order valence-corrected chi connectivity index (χ4v) is 1.68. The zero-order valence-electron chi connectivity index (χ0n) is 10.1. The molecule has 21 heavy (non-hydrogen) atoms. The maximum Gasteiger partial charge on any atom is 0.573 e. The lowest BCUT2D eigenvalue weighted by Gasteiger charge is -2.09. The van der Waals surface area contributed by atoms with E-state index in [4.69, 9.17) is 16.7 Å². The van der Waals surface area contributed by atoms with Gasteiger partial charge in [0.1, 0.15) is 5.75 Å². The molecular weight excluding hydrogens is 313 g/mol. The molecule has 0 aliphatic rings. The number of rotatable bonds is 3. The van der Waals surface area contributed by atoms with E-state index in [1.54, 1.807) is 0 Å². The van der Waals surface area contributed by atoms with Crippen LogP contribution in [0.15, 0.2) is 30.3 Å². The number of hydrogen-bond acceptors (Lipinski definition) is 4. The van der Waals surface area contributed by atoms with Crippen LogP contribution in [-0.4, -0.2) is 27.4 Å². The summed E-state index contributed by atoms with van der Waals surface area (Å²) in [7, 11) is 0. The summed E-state index contributed by atoms with van der Waals surface area (Å²) in [5.41, 5.74) is 0.225. The molecule has 0 amide bonds. The van der Waals surface area contributed by atoms with Crippen molar-refractivity contribution in [3.63, 3.8) is 0 Å². The molecule has 1 aromatic carbocycles. The van der Waals surface area contributed by atoms with E-state index in [0.29, 0.717) is 5.56 Å². The van der Waals surface area contributed by atoms with Crippen molar-refractivity contribution < 1.29 is 27.8 Å². The Morgan fingerprint density at radius 3 is 2.33 bits per heavy atom.